The van der Waals surface area contributed by atoms with Gasteiger partial charge in [-0.15, -0.1) is 0 Å². The minimum absolute atomic E-state index is 0.0178. The number of aliphatic carboxylic acids is 1. The van der Waals surface area contributed by atoms with Crippen molar-refractivity contribution in [1.29, 1.82) is 0 Å². The van der Waals surface area contributed by atoms with Crippen molar-refractivity contribution in [2.75, 3.05) is 0 Å². The van der Waals surface area contributed by atoms with Gasteiger partial charge in [0.1, 0.15) is 0 Å². The quantitative estimate of drug-likeness (QED) is 0.508. The molecule has 4 N–H and O–H groups in total. The van der Waals surface area contributed by atoms with E-state index in [1.165, 1.54) is 5.01 Å². The molecule has 0 aromatic heterocycles. The maximum atomic E-state index is 12.2. The largest absolute Gasteiger partial charge is 0.481 e. The normalized spacial score (nSPS) is 37.1. The standard InChI is InChI=1S/C10H18N4O3/c1-5-7(3-4-8(15)16)9(17)14-10(11-5)12-6(2)13-14/h5-7,10-13H,3-4H2,1-2H3,(H,15,16). The zero-order valence-corrected chi connectivity index (χ0v) is 9.93. The number of rotatable bonds is 3. The van der Waals surface area contributed by atoms with Gasteiger partial charge in [-0.3, -0.25) is 20.2 Å². The zero-order valence-electron chi connectivity index (χ0n) is 9.93. The number of carboxylic acids is 1. The summed E-state index contributed by atoms with van der Waals surface area (Å²) in [4.78, 5) is 22.7. The van der Waals surface area contributed by atoms with Crippen LogP contribution in [0.15, 0.2) is 0 Å². The van der Waals surface area contributed by atoms with Crippen molar-refractivity contribution in [1.82, 2.24) is 21.1 Å². The van der Waals surface area contributed by atoms with Crippen molar-refractivity contribution < 1.29 is 14.7 Å². The third-order valence-electron chi connectivity index (χ3n) is 3.25. The van der Waals surface area contributed by atoms with Gasteiger partial charge in [0.05, 0.1) is 12.1 Å². The van der Waals surface area contributed by atoms with Crippen LogP contribution in [-0.2, 0) is 9.59 Å². The number of fused-ring (bicyclic) bond motifs is 1. The molecule has 7 heteroatoms. The van der Waals surface area contributed by atoms with Crippen molar-refractivity contribution >= 4 is 11.9 Å². The minimum atomic E-state index is -0.868. The predicted molar refractivity (Wildman–Crippen MR) is 59.3 cm³/mol. The summed E-state index contributed by atoms with van der Waals surface area (Å²) < 4.78 is 0. The Labute approximate surface area is 99.5 Å². The fraction of sp³-hybridized carbons (Fsp3) is 0.800. The molecule has 1 amide bonds. The van der Waals surface area contributed by atoms with Crippen LogP contribution in [0.5, 0.6) is 0 Å². The van der Waals surface area contributed by atoms with Gasteiger partial charge in [0.25, 0.3) is 0 Å². The molecule has 4 atom stereocenters. The number of hydrogen-bond donors (Lipinski definition) is 4. The van der Waals surface area contributed by atoms with Gasteiger partial charge in [-0.25, -0.2) is 10.4 Å². The van der Waals surface area contributed by atoms with Gasteiger partial charge in [-0.05, 0) is 20.3 Å². The second-order valence-electron chi connectivity index (χ2n) is 4.62. The molecule has 0 saturated carbocycles. The van der Waals surface area contributed by atoms with E-state index in [0.717, 1.165) is 0 Å². The van der Waals surface area contributed by atoms with E-state index in [2.05, 4.69) is 16.1 Å². The first-order valence-corrected chi connectivity index (χ1v) is 5.82. The number of carbonyl (C=O) groups is 2. The molecule has 0 bridgehead atoms. The Morgan fingerprint density at radius 1 is 1.41 bits per heavy atom. The van der Waals surface area contributed by atoms with Crippen LogP contribution in [0.2, 0.25) is 0 Å². The Balaban J connectivity index is 2.03. The molecule has 0 aromatic carbocycles. The van der Waals surface area contributed by atoms with E-state index >= 15 is 0 Å². The average Bonchev–Trinajstić information content (AvgIpc) is 2.58. The first-order chi connectivity index (χ1) is 7.99. The zero-order chi connectivity index (χ0) is 12.6. The van der Waals surface area contributed by atoms with Crippen LogP contribution in [-0.4, -0.2) is 40.5 Å². The molecule has 96 valence electrons. The van der Waals surface area contributed by atoms with Crippen molar-refractivity contribution in [3.8, 4) is 0 Å². The third kappa shape index (κ3) is 2.41. The molecule has 2 aliphatic rings. The van der Waals surface area contributed by atoms with E-state index in [0.29, 0.717) is 6.42 Å². The van der Waals surface area contributed by atoms with E-state index in [-0.39, 0.29) is 36.7 Å². The van der Waals surface area contributed by atoms with Crippen LogP contribution < -0.4 is 16.1 Å². The van der Waals surface area contributed by atoms with Crippen molar-refractivity contribution in [2.24, 2.45) is 5.92 Å². The van der Waals surface area contributed by atoms with Crippen molar-refractivity contribution in [3.05, 3.63) is 0 Å². The lowest BCUT2D eigenvalue weighted by molar-refractivity contribution is -0.147. The van der Waals surface area contributed by atoms with Crippen LogP contribution in [0.25, 0.3) is 0 Å². The summed E-state index contributed by atoms with van der Waals surface area (Å²) >= 11 is 0. The topological polar surface area (TPSA) is 93.7 Å². The van der Waals surface area contributed by atoms with E-state index in [1.54, 1.807) is 0 Å². The maximum Gasteiger partial charge on any atom is 0.303 e. The van der Waals surface area contributed by atoms with Gasteiger partial charge in [-0.2, -0.15) is 0 Å². The number of carboxylic acid groups (broad SMARTS) is 1. The lowest BCUT2D eigenvalue weighted by Crippen LogP contribution is -2.64. The van der Waals surface area contributed by atoms with Gasteiger partial charge in [0.2, 0.25) is 5.91 Å². The number of amides is 1. The first kappa shape index (κ1) is 12.3. The number of nitrogens with zero attached hydrogens (tertiary/aromatic N) is 1. The summed E-state index contributed by atoms with van der Waals surface area (Å²) in [5.41, 5.74) is 3.01. The lowest BCUT2D eigenvalue weighted by Gasteiger charge is -2.38. The number of hydrogen-bond acceptors (Lipinski definition) is 5. The van der Waals surface area contributed by atoms with Crippen LogP contribution in [0.1, 0.15) is 26.7 Å². The monoisotopic (exact) mass is 242 g/mol. The Bertz CT molecular complexity index is 336. The van der Waals surface area contributed by atoms with Gasteiger partial charge < -0.3 is 5.11 Å². The van der Waals surface area contributed by atoms with Crippen molar-refractivity contribution in [3.63, 3.8) is 0 Å². The fourth-order valence-electron chi connectivity index (χ4n) is 2.36. The van der Waals surface area contributed by atoms with Gasteiger partial charge >= 0.3 is 5.97 Å². The summed E-state index contributed by atoms with van der Waals surface area (Å²) in [7, 11) is 0. The van der Waals surface area contributed by atoms with Crippen LogP contribution in [0.4, 0.5) is 0 Å². The Morgan fingerprint density at radius 3 is 2.76 bits per heavy atom. The second-order valence-corrected chi connectivity index (χ2v) is 4.62. The Morgan fingerprint density at radius 2 is 2.12 bits per heavy atom. The highest BCUT2D eigenvalue weighted by Crippen LogP contribution is 2.22. The molecule has 7 nitrogen and oxygen atoms in total. The molecule has 0 aromatic rings. The molecule has 0 radical (unpaired) electrons. The maximum absolute atomic E-state index is 12.2. The molecule has 2 fully saturated rings. The molecular formula is C10H18N4O3. The molecule has 0 aliphatic carbocycles. The third-order valence-corrected chi connectivity index (χ3v) is 3.25. The molecule has 4 unspecified atom stereocenters. The molecule has 2 aliphatic heterocycles. The number of hydrazine groups is 1. The molecule has 17 heavy (non-hydrogen) atoms. The predicted octanol–water partition coefficient (Wildman–Crippen LogP) is -0.975. The highest BCUT2D eigenvalue weighted by Gasteiger charge is 2.43. The highest BCUT2D eigenvalue weighted by atomic mass is 16.4. The SMILES string of the molecule is CC1NC2NC(C)C(CCC(=O)O)C(=O)N2N1. The molecule has 0 spiro atoms. The summed E-state index contributed by atoms with van der Waals surface area (Å²) in [6.45, 7) is 3.83. The first-order valence-electron chi connectivity index (χ1n) is 5.82. The fourth-order valence-corrected chi connectivity index (χ4v) is 2.36. The Kier molecular flexibility index (Phi) is 3.32. The number of carbonyl (C=O) groups excluding carboxylic acids is 1. The molecule has 2 rings (SSSR count). The van der Waals surface area contributed by atoms with Crippen LogP contribution in [0, 0.1) is 5.92 Å². The summed E-state index contributed by atoms with van der Waals surface area (Å²) in [5.74, 6) is -1.20. The van der Waals surface area contributed by atoms with Gasteiger partial charge in [-0.1, -0.05) is 0 Å². The molecule has 2 saturated heterocycles. The summed E-state index contributed by atoms with van der Waals surface area (Å²) in [6, 6.07) is -0.0253. The Hall–Kier alpha value is -1.18. The van der Waals surface area contributed by atoms with Crippen molar-refractivity contribution in [2.45, 2.75) is 45.2 Å². The van der Waals surface area contributed by atoms with Gasteiger partial charge in [0.15, 0.2) is 6.29 Å². The van der Waals surface area contributed by atoms with E-state index in [9.17, 15) is 9.59 Å². The second kappa shape index (κ2) is 4.59. The molecule has 2 heterocycles. The van der Waals surface area contributed by atoms with Crippen LogP contribution >= 0.6 is 0 Å². The van der Waals surface area contributed by atoms with Crippen LogP contribution in [0.3, 0.4) is 0 Å². The van der Waals surface area contributed by atoms with Gasteiger partial charge in [0, 0.05) is 12.5 Å². The van der Waals surface area contributed by atoms with E-state index < -0.39 is 5.97 Å². The summed E-state index contributed by atoms with van der Waals surface area (Å²) in [6.07, 6.45) is 0.210. The summed E-state index contributed by atoms with van der Waals surface area (Å²) in [5, 5.41) is 16.6. The number of nitrogens with one attached hydrogen (secondary N) is 3. The smallest absolute Gasteiger partial charge is 0.303 e. The van der Waals surface area contributed by atoms with E-state index in [4.69, 9.17) is 5.11 Å². The lowest BCUT2D eigenvalue weighted by atomic mass is 9.92. The highest BCUT2D eigenvalue weighted by molar-refractivity contribution is 5.81. The average molecular weight is 242 g/mol. The molecular weight excluding hydrogens is 224 g/mol. The minimum Gasteiger partial charge on any atom is -0.481 e. The van der Waals surface area contributed by atoms with E-state index in [1.807, 2.05) is 13.8 Å².